The van der Waals surface area contributed by atoms with E-state index in [1.165, 1.54) is 0 Å². The smallest absolute Gasteiger partial charge is 0.240 e. The van der Waals surface area contributed by atoms with Crippen molar-refractivity contribution < 1.29 is 9.53 Å². The van der Waals surface area contributed by atoms with Gasteiger partial charge < -0.3 is 15.8 Å². The Kier molecular flexibility index (Phi) is 6.45. The largest absolute Gasteiger partial charge is 0.489 e. The Bertz CT molecular complexity index is 879. The minimum absolute atomic E-state index is 0.166. The summed E-state index contributed by atoms with van der Waals surface area (Å²) in [5, 5.41) is 2.71. The second-order valence-electron chi connectivity index (χ2n) is 6.99. The topological polar surface area (TPSA) is 64.4 Å². The van der Waals surface area contributed by atoms with Gasteiger partial charge in [-0.25, -0.2) is 0 Å². The Hall–Kier alpha value is -3.11. The van der Waals surface area contributed by atoms with Crippen LogP contribution in [0, 0.1) is 0 Å². The number of hydrogen-bond acceptors (Lipinski definition) is 3. The fraction of sp³-hybridized carbons (Fsp3) is 0.208. The maximum atomic E-state index is 12.5. The van der Waals surface area contributed by atoms with Crippen LogP contribution in [0.2, 0.25) is 0 Å². The van der Waals surface area contributed by atoms with Crippen LogP contribution >= 0.6 is 0 Å². The number of nitrogens with one attached hydrogen (secondary N) is 1. The monoisotopic (exact) mass is 374 g/mol. The molecule has 0 saturated heterocycles. The molecule has 0 aliphatic heterocycles. The summed E-state index contributed by atoms with van der Waals surface area (Å²) in [6, 6.07) is 27.7. The number of rotatable bonds is 8. The third-order valence-electron chi connectivity index (χ3n) is 4.73. The predicted octanol–water partition coefficient (Wildman–Crippen LogP) is 3.49. The lowest BCUT2D eigenvalue weighted by molar-refractivity contribution is -0.125. The van der Waals surface area contributed by atoms with E-state index in [1.54, 1.807) is 7.05 Å². The Labute approximate surface area is 166 Å². The summed E-state index contributed by atoms with van der Waals surface area (Å²) < 4.78 is 5.83. The van der Waals surface area contributed by atoms with E-state index in [0.717, 1.165) is 22.4 Å². The first-order chi connectivity index (χ1) is 13.6. The van der Waals surface area contributed by atoms with Crippen LogP contribution in [0.15, 0.2) is 84.9 Å². The average Bonchev–Trinajstić information content (AvgIpc) is 2.74. The summed E-state index contributed by atoms with van der Waals surface area (Å²) >= 11 is 0. The molecule has 0 radical (unpaired) electrons. The van der Waals surface area contributed by atoms with Gasteiger partial charge in [0.2, 0.25) is 5.91 Å². The molecule has 0 aromatic heterocycles. The van der Waals surface area contributed by atoms with Crippen molar-refractivity contribution in [2.24, 2.45) is 5.73 Å². The van der Waals surface area contributed by atoms with Crippen LogP contribution in [0.4, 0.5) is 0 Å². The summed E-state index contributed by atoms with van der Waals surface area (Å²) in [5.74, 6) is 0.624. The maximum Gasteiger partial charge on any atom is 0.240 e. The van der Waals surface area contributed by atoms with Crippen molar-refractivity contribution in [1.29, 1.82) is 0 Å². The molecule has 0 bridgehead atoms. The van der Waals surface area contributed by atoms with Crippen molar-refractivity contribution >= 4 is 5.91 Å². The van der Waals surface area contributed by atoms with E-state index < -0.39 is 5.54 Å². The van der Waals surface area contributed by atoms with Crippen molar-refractivity contribution in [2.75, 3.05) is 7.05 Å². The average molecular weight is 374 g/mol. The van der Waals surface area contributed by atoms with E-state index in [-0.39, 0.29) is 5.91 Å². The number of hydrogen-bond donors (Lipinski definition) is 2. The van der Waals surface area contributed by atoms with E-state index in [2.05, 4.69) is 5.32 Å². The first-order valence-corrected chi connectivity index (χ1v) is 9.40. The molecule has 0 unspecified atom stereocenters. The molecule has 28 heavy (non-hydrogen) atoms. The van der Waals surface area contributed by atoms with Gasteiger partial charge in [0.25, 0.3) is 0 Å². The molecule has 3 aromatic rings. The third kappa shape index (κ3) is 5.21. The minimum atomic E-state index is -1.01. The Morgan fingerprint density at radius 1 is 0.821 bits per heavy atom. The number of likely N-dealkylation sites (N-methyl/N-ethyl adjacent to an activating group) is 1. The van der Waals surface area contributed by atoms with Crippen LogP contribution in [-0.2, 0) is 24.2 Å². The van der Waals surface area contributed by atoms with E-state index in [9.17, 15) is 4.79 Å². The lowest BCUT2D eigenvalue weighted by atomic mass is 9.84. The molecule has 1 atom stereocenters. The number of carbonyl (C=O) groups is 1. The van der Waals surface area contributed by atoms with Gasteiger partial charge in [-0.3, -0.25) is 4.79 Å². The maximum absolute atomic E-state index is 12.5. The van der Waals surface area contributed by atoms with Crippen LogP contribution in [0.1, 0.15) is 16.7 Å². The molecular weight excluding hydrogens is 348 g/mol. The molecule has 144 valence electrons. The first-order valence-electron chi connectivity index (χ1n) is 9.40. The SMILES string of the molecule is CNC(=O)[C@](N)(Cc1ccccc1)Cc1ccc(OCc2ccccc2)cc1. The number of nitrogens with two attached hydrogens (primary N) is 1. The minimum Gasteiger partial charge on any atom is -0.489 e. The molecule has 3 aromatic carbocycles. The molecule has 0 fully saturated rings. The lowest BCUT2D eigenvalue weighted by Crippen LogP contribution is -2.56. The third-order valence-corrected chi connectivity index (χ3v) is 4.73. The van der Waals surface area contributed by atoms with E-state index in [4.69, 9.17) is 10.5 Å². The van der Waals surface area contributed by atoms with Gasteiger partial charge in [0.15, 0.2) is 0 Å². The van der Waals surface area contributed by atoms with Gasteiger partial charge in [0.1, 0.15) is 17.9 Å². The second-order valence-corrected chi connectivity index (χ2v) is 6.99. The molecule has 4 heteroatoms. The lowest BCUT2D eigenvalue weighted by Gasteiger charge is -2.28. The van der Waals surface area contributed by atoms with Gasteiger partial charge in [-0.1, -0.05) is 72.8 Å². The molecular formula is C24H26N2O2. The normalized spacial score (nSPS) is 12.8. The van der Waals surface area contributed by atoms with Crippen molar-refractivity contribution in [3.05, 3.63) is 102 Å². The molecule has 1 amide bonds. The highest BCUT2D eigenvalue weighted by atomic mass is 16.5. The van der Waals surface area contributed by atoms with Gasteiger partial charge in [0.05, 0.1) is 0 Å². The zero-order chi connectivity index (χ0) is 19.8. The van der Waals surface area contributed by atoms with Gasteiger partial charge in [-0.15, -0.1) is 0 Å². The number of ether oxygens (including phenoxy) is 1. The Balaban J connectivity index is 1.68. The highest BCUT2D eigenvalue weighted by Gasteiger charge is 2.33. The summed E-state index contributed by atoms with van der Waals surface area (Å²) in [6.45, 7) is 0.521. The molecule has 3 N–H and O–H groups in total. The highest BCUT2D eigenvalue weighted by Crippen LogP contribution is 2.20. The highest BCUT2D eigenvalue weighted by molar-refractivity contribution is 5.86. The quantitative estimate of drug-likeness (QED) is 0.634. The molecule has 3 rings (SSSR count). The molecule has 0 heterocycles. The standard InChI is InChI=1S/C24H26N2O2/c1-26-23(27)24(25,16-19-8-4-2-5-9-19)17-20-12-14-22(15-13-20)28-18-21-10-6-3-7-11-21/h2-15H,16-18,25H2,1H3,(H,26,27)/t24-/m0/s1. The second kappa shape index (κ2) is 9.20. The predicted molar refractivity (Wildman–Crippen MR) is 112 cm³/mol. The van der Waals surface area contributed by atoms with Crippen LogP contribution in [-0.4, -0.2) is 18.5 Å². The van der Waals surface area contributed by atoms with Crippen molar-refractivity contribution in [1.82, 2.24) is 5.32 Å². The van der Waals surface area contributed by atoms with Crippen molar-refractivity contribution in [2.45, 2.75) is 25.0 Å². The van der Waals surface area contributed by atoms with Crippen LogP contribution < -0.4 is 15.8 Å². The summed E-state index contributed by atoms with van der Waals surface area (Å²) in [4.78, 5) is 12.5. The summed E-state index contributed by atoms with van der Waals surface area (Å²) in [7, 11) is 1.62. The van der Waals surface area contributed by atoms with Gasteiger partial charge >= 0.3 is 0 Å². The van der Waals surface area contributed by atoms with Gasteiger partial charge in [-0.05, 0) is 41.7 Å². The van der Waals surface area contributed by atoms with E-state index in [0.29, 0.717) is 19.4 Å². The zero-order valence-corrected chi connectivity index (χ0v) is 16.1. The molecule has 4 nitrogen and oxygen atoms in total. The van der Waals surface area contributed by atoms with Gasteiger partial charge in [0, 0.05) is 7.05 Å². The Morgan fingerprint density at radius 2 is 1.32 bits per heavy atom. The van der Waals surface area contributed by atoms with Crippen molar-refractivity contribution in [3.8, 4) is 5.75 Å². The summed E-state index contributed by atoms with van der Waals surface area (Å²) in [5.41, 5.74) is 8.69. The number of carbonyl (C=O) groups excluding carboxylic acids is 1. The Morgan fingerprint density at radius 3 is 1.86 bits per heavy atom. The molecule has 0 saturated carbocycles. The molecule has 0 aliphatic carbocycles. The number of benzene rings is 3. The fourth-order valence-corrected chi connectivity index (χ4v) is 3.24. The van der Waals surface area contributed by atoms with Crippen molar-refractivity contribution in [3.63, 3.8) is 0 Å². The van der Waals surface area contributed by atoms with Crippen LogP contribution in [0.3, 0.4) is 0 Å². The van der Waals surface area contributed by atoms with E-state index >= 15 is 0 Å². The number of amides is 1. The van der Waals surface area contributed by atoms with Crippen LogP contribution in [0.25, 0.3) is 0 Å². The fourth-order valence-electron chi connectivity index (χ4n) is 3.24. The summed E-state index contributed by atoms with van der Waals surface area (Å²) in [6.07, 6.45) is 0.917. The molecule has 0 aliphatic rings. The zero-order valence-electron chi connectivity index (χ0n) is 16.1. The van der Waals surface area contributed by atoms with E-state index in [1.807, 2.05) is 84.9 Å². The van der Waals surface area contributed by atoms with Crippen LogP contribution in [0.5, 0.6) is 5.75 Å². The molecule has 0 spiro atoms. The van der Waals surface area contributed by atoms with Gasteiger partial charge in [-0.2, -0.15) is 0 Å². The first kappa shape index (κ1) is 19.6.